The van der Waals surface area contributed by atoms with E-state index in [0.29, 0.717) is 5.69 Å². The second-order valence-electron chi connectivity index (χ2n) is 10.6. The van der Waals surface area contributed by atoms with E-state index in [2.05, 4.69) is 38.3 Å². The van der Waals surface area contributed by atoms with Crippen LogP contribution < -0.4 is 10.6 Å². The van der Waals surface area contributed by atoms with E-state index in [-0.39, 0.29) is 33.8 Å². The lowest BCUT2D eigenvalue weighted by Gasteiger charge is -2.47. The Morgan fingerprint density at radius 1 is 1.06 bits per heavy atom. The van der Waals surface area contributed by atoms with Gasteiger partial charge in [-0.25, -0.2) is 0 Å². The van der Waals surface area contributed by atoms with Crippen molar-refractivity contribution < 1.29 is 24.7 Å². The Morgan fingerprint density at radius 2 is 1.67 bits per heavy atom. The lowest BCUT2D eigenvalue weighted by Crippen LogP contribution is -2.60. The number of aliphatic hydroxyl groups excluding tert-OH is 1. The molecule has 1 saturated heterocycles. The quantitative estimate of drug-likeness (QED) is 0.308. The van der Waals surface area contributed by atoms with Crippen molar-refractivity contribution in [1.82, 2.24) is 5.32 Å². The second-order valence-corrected chi connectivity index (χ2v) is 10.6. The van der Waals surface area contributed by atoms with Crippen LogP contribution in [0.2, 0.25) is 0 Å². The number of nitrogens with one attached hydrogen (secondary N) is 2. The molecule has 0 bridgehead atoms. The molecule has 176 valence electrons. The van der Waals surface area contributed by atoms with E-state index in [0.717, 1.165) is 12.8 Å². The van der Waals surface area contributed by atoms with Gasteiger partial charge in [-0.2, -0.15) is 0 Å². The first-order valence-corrected chi connectivity index (χ1v) is 11.0. The number of anilines is 1. The van der Waals surface area contributed by atoms with Crippen LogP contribution in [0.3, 0.4) is 0 Å². The average Bonchev–Trinajstić information content (AvgIpc) is 2.63. The summed E-state index contributed by atoms with van der Waals surface area (Å²) in [6.45, 7) is 9.85. The molecule has 1 aromatic rings. The van der Waals surface area contributed by atoms with E-state index >= 15 is 0 Å². The van der Waals surface area contributed by atoms with Gasteiger partial charge in [-0.15, -0.1) is 0 Å². The fourth-order valence-corrected chi connectivity index (χ4v) is 5.84. The van der Waals surface area contributed by atoms with Crippen molar-refractivity contribution >= 4 is 17.3 Å². The zero-order chi connectivity index (χ0) is 24.5. The third kappa shape index (κ3) is 3.80. The Bertz CT molecular complexity index is 1130. The molecule has 2 atom stereocenters. The Balaban J connectivity index is 1.83. The van der Waals surface area contributed by atoms with Crippen LogP contribution in [0.5, 0.6) is 5.75 Å². The fraction of sp³-hybridized carbons (Fsp3) is 0.500. The van der Waals surface area contributed by atoms with Crippen LogP contribution in [0, 0.1) is 16.0 Å². The van der Waals surface area contributed by atoms with E-state index in [4.69, 9.17) is 0 Å². The highest BCUT2D eigenvalue weighted by atomic mass is 16.6. The number of nitro groups is 1. The number of carbonyl (C=O) groups excluding carboxylic acids is 2. The molecule has 4 N–H and O–H groups in total. The van der Waals surface area contributed by atoms with Gasteiger partial charge in [0.15, 0.2) is 5.78 Å². The molecule has 9 nitrogen and oxygen atoms in total. The molecule has 4 rings (SSSR count). The molecule has 3 aliphatic rings. The van der Waals surface area contributed by atoms with Crippen LogP contribution in [-0.2, 0) is 0 Å². The maximum atomic E-state index is 13.7. The maximum Gasteiger partial charge on any atom is 0.248 e. The number of phenolic OH excluding ortho intramolecular Hbond substituents is 1. The number of aliphatic hydroxyl groups is 1. The molecule has 1 aliphatic heterocycles. The van der Waals surface area contributed by atoms with Crippen LogP contribution >= 0.6 is 0 Å². The summed E-state index contributed by atoms with van der Waals surface area (Å²) in [6.07, 6.45) is 2.68. The second kappa shape index (κ2) is 7.41. The van der Waals surface area contributed by atoms with Gasteiger partial charge in [-0.3, -0.25) is 19.7 Å². The van der Waals surface area contributed by atoms with Crippen molar-refractivity contribution in [2.45, 2.75) is 70.6 Å². The number of Topliss-reactive ketones (excluding diaryl/α,β-unsaturated/α-hetero) is 2. The number of hydrogen-bond acceptors (Lipinski definition) is 8. The van der Waals surface area contributed by atoms with Crippen LogP contribution in [0.25, 0.3) is 0 Å². The number of carbonyl (C=O) groups is 2. The summed E-state index contributed by atoms with van der Waals surface area (Å²) < 4.78 is 0. The summed E-state index contributed by atoms with van der Waals surface area (Å²) in [4.78, 5) is 38.2. The van der Waals surface area contributed by atoms with Crippen LogP contribution in [0.4, 0.5) is 5.69 Å². The van der Waals surface area contributed by atoms with Crippen molar-refractivity contribution in [3.63, 3.8) is 0 Å². The van der Waals surface area contributed by atoms with Gasteiger partial charge in [0.25, 0.3) is 0 Å². The molecule has 1 fully saturated rings. The Labute approximate surface area is 191 Å². The standard InChI is InChI=1S/C24H29N3O6/c1-11-8-15(29)18-19(20(11)27(32)33)21(30)16-13(6-7-14(28)17(16)22(18)31)25-12-9-23(2,3)26-24(4,5)10-12/h6-8,11-12,20,25-26,28-29H,9-10H2,1-5H3. The molecule has 33 heavy (non-hydrogen) atoms. The molecular weight excluding hydrogens is 426 g/mol. The minimum Gasteiger partial charge on any atom is -0.507 e. The average molecular weight is 456 g/mol. The normalized spacial score (nSPS) is 26.4. The third-order valence-corrected chi connectivity index (χ3v) is 6.63. The van der Waals surface area contributed by atoms with Gasteiger partial charge >= 0.3 is 0 Å². The van der Waals surface area contributed by atoms with Crippen molar-refractivity contribution in [3.05, 3.63) is 56.4 Å². The van der Waals surface area contributed by atoms with Crippen LogP contribution in [-0.4, -0.2) is 49.9 Å². The molecule has 2 unspecified atom stereocenters. The molecule has 1 aromatic carbocycles. The highest BCUT2D eigenvalue weighted by Gasteiger charge is 2.49. The first-order chi connectivity index (χ1) is 15.2. The highest BCUT2D eigenvalue weighted by molar-refractivity contribution is 6.31. The maximum absolute atomic E-state index is 13.7. The number of ketones is 2. The minimum atomic E-state index is -1.47. The van der Waals surface area contributed by atoms with Gasteiger partial charge in [0.1, 0.15) is 11.5 Å². The molecule has 0 amide bonds. The predicted octanol–water partition coefficient (Wildman–Crippen LogP) is 3.53. The summed E-state index contributed by atoms with van der Waals surface area (Å²) in [6, 6.07) is 1.34. The van der Waals surface area contributed by atoms with Gasteiger partial charge in [-0.1, -0.05) is 6.92 Å². The molecule has 2 aliphatic carbocycles. The molecule has 0 radical (unpaired) electrons. The lowest BCUT2D eigenvalue weighted by molar-refractivity contribution is -0.517. The summed E-state index contributed by atoms with van der Waals surface area (Å²) in [5.41, 5.74) is -1.08. The number of nitrogens with zero attached hydrogens (tertiary/aromatic N) is 1. The number of piperidine rings is 1. The van der Waals surface area contributed by atoms with Crippen molar-refractivity contribution in [2.75, 3.05) is 5.32 Å². The van der Waals surface area contributed by atoms with Gasteiger partial charge in [-0.05, 0) is 58.7 Å². The van der Waals surface area contributed by atoms with E-state index in [1.807, 2.05) is 0 Å². The predicted molar refractivity (Wildman–Crippen MR) is 122 cm³/mol. The number of rotatable bonds is 3. The van der Waals surface area contributed by atoms with Crippen molar-refractivity contribution in [1.29, 1.82) is 0 Å². The molecule has 0 spiro atoms. The molecule has 0 saturated carbocycles. The monoisotopic (exact) mass is 455 g/mol. The SMILES string of the molecule is CC1C=C(O)C2=C(C(=O)c3c(NC4CC(C)(C)NC(C)(C)C4)ccc(O)c3C2=O)C1[N+](=O)[O-]. The van der Waals surface area contributed by atoms with Gasteiger partial charge < -0.3 is 20.8 Å². The van der Waals surface area contributed by atoms with Crippen molar-refractivity contribution in [3.8, 4) is 5.75 Å². The lowest BCUT2D eigenvalue weighted by atomic mass is 9.73. The van der Waals surface area contributed by atoms with Crippen LogP contribution in [0.15, 0.2) is 35.1 Å². The molecular formula is C24H29N3O6. The van der Waals surface area contributed by atoms with E-state index in [1.54, 1.807) is 0 Å². The zero-order valence-corrected chi connectivity index (χ0v) is 19.4. The zero-order valence-electron chi connectivity index (χ0n) is 19.4. The smallest absolute Gasteiger partial charge is 0.248 e. The summed E-state index contributed by atoms with van der Waals surface area (Å²) in [7, 11) is 0. The van der Waals surface area contributed by atoms with E-state index in [1.165, 1.54) is 25.1 Å². The fourth-order valence-electron chi connectivity index (χ4n) is 5.84. The Kier molecular flexibility index (Phi) is 5.16. The van der Waals surface area contributed by atoms with Crippen molar-refractivity contribution in [2.24, 2.45) is 5.92 Å². The topological polar surface area (TPSA) is 142 Å². The summed E-state index contributed by atoms with van der Waals surface area (Å²) >= 11 is 0. The first kappa shape index (κ1) is 23.0. The largest absolute Gasteiger partial charge is 0.507 e. The van der Waals surface area contributed by atoms with E-state index in [9.17, 15) is 29.9 Å². The third-order valence-electron chi connectivity index (χ3n) is 6.63. The Hall–Kier alpha value is -3.20. The van der Waals surface area contributed by atoms with Crippen LogP contribution in [0.1, 0.15) is 68.2 Å². The number of benzene rings is 1. The number of phenols is 1. The summed E-state index contributed by atoms with van der Waals surface area (Å²) in [5, 5.41) is 39.7. The molecule has 9 heteroatoms. The number of hydrogen-bond donors (Lipinski definition) is 4. The minimum absolute atomic E-state index is 0.0481. The number of allylic oxidation sites excluding steroid dienone is 1. The number of aromatic hydroxyl groups is 1. The van der Waals surface area contributed by atoms with Gasteiger partial charge in [0.2, 0.25) is 11.8 Å². The first-order valence-electron chi connectivity index (χ1n) is 11.0. The number of fused-ring (bicyclic) bond motifs is 1. The highest BCUT2D eigenvalue weighted by Crippen LogP contribution is 2.43. The Morgan fingerprint density at radius 3 is 2.24 bits per heavy atom. The summed E-state index contributed by atoms with van der Waals surface area (Å²) in [5.74, 6) is -3.18. The van der Waals surface area contributed by atoms with E-state index < -0.39 is 45.5 Å². The molecule has 0 aromatic heterocycles. The van der Waals surface area contributed by atoms with Gasteiger partial charge in [0.05, 0.1) is 28.2 Å². The van der Waals surface area contributed by atoms with Gasteiger partial charge in [0, 0.05) is 27.7 Å². The molecule has 1 heterocycles.